The summed E-state index contributed by atoms with van der Waals surface area (Å²) in [6.07, 6.45) is 1.14. The molecule has 1 aromatic heterocycles. The summed E-state index contributed by atoms with van der Waals surface area (Å²) in [5.74, 6) is 0. The Morgan fingerprint density at radius 2 is 2.05 bits per heavy atom. The highest BCUT2D eigenvalue weighted by Gasteiger charge is 2.16. The van der Waals surface area contributed by atoms with E-state index in [4.69, 9.17) is 16.9 Å². The maximum Gasteiger partial charge on any atom is 0.263 e. The molecule has 102 valence electrons. The zero-order valence-corrected chi connectivity index (χ0v) is 13.6. The number of anilines is 1. The van der Waals surface area contributed by atoms with Gasteiger partial charge in [0.05, 0.1) is 5.69 Å². The molecule has 0 aliphatic rings. The molecule has 5 nitrogen and oxygen atoms in total. The van der Waals surface area contributed by atoms with Gasteiger partial charge in [-0.1, -0.05) is 11.6 Å². The Labute approximate surface area is 134 Å². The standard InChI is InChI=1S/C12H7ClIN3O2S/c13-8-1-4-12(11(14)5-8)17-20(18,19)10-3-2-9(6-15)16-7-10/h1-5,7,17H. The fourth-order valence-electron chi connectivity index (χ4n) is 1.38. The minimum absolute atomic E-state index is 0.0118. The molecule has 0 aliphatic heterocycles. The van der Waals surface area contributed by atoms with Gasteiger partial charge >= 0.3 is 0 Å². The lowest BCUT2D eigenvalue weighted by Crippen LogP contribution is -2.14. The fourth-order valence-corrected chi connectivity index (χ4v) is 3.59. The first-order chi connectivity index (χ1) is 9.42. The maximum absolute atomic E-state index is 12.2. The first kappa shape index (κ1) is 15.0. The quantitative estimate of drug-likeness (QED) is 0.775. The minimum atomic E-state index is -3.74. The molecule has 0 bridgehead atoms. The highest BCUT2D eigenvalue weighted by atomic mass is 127. The number of pyridine rings is 1. The van der Waals surface area contributed by atoms with Gasteiger partial charge in [-0.05, 0) is 52.9 Å². The van der Waals surface area contributed by atoms with Crippen LogP contribution in [0.4, 0.5) is 5.69 Å². The van der Waals surface area contributed by atoms with Crippen molar-refractivity contribution in [3.05, 3.63) is 50.8 Å². The lowest BCUT2D eigenvalue weighted by Gasteiger charge is -2.09. The van der Waals surface area contributed by atoms with Gasteiger partial charge in [-0.2, -0.15) is 5.26 Å². The van der Waals surface area contributed by atoms with Crippen molar-refractivity contribution in [1.82, 2.24) is 4.98 Å². The Hall–Kier alpha value is -1.37. The maximum atomic E-state index is 12.2. The number of nitrogens with zero attached hydrogens (tertiary/aromatic N) is 2. The van der Waals surface area contributed by atoms with E-state index in [-0.39, 0.29) is 10.6 Å². The van der Waals surface area contributed by atoms with Crippen LogP contribution in [-0.2, 0) is 10.0 Å². The Morgan fingerprint density at radius 3 is 2.60 bits per heavy atom. The van der Waals surface area contributed by atoms with Crippen molar-refractivity contribution < 1.29 is 8.42 Å². The number of nitrogens with one attached hydrogen (secondary N) is 1. The van der Waals surface area contributed by atoms with Gasteiger partial charge in [-0.25, -0.2) is 13.4 Å². The third-order valence-corrected chi connectivity index (χ3v) is 4.81. The van der Waals surface area contributed by atoms with E-state index in [1.165, 1.54) is 12.1 Å². The van der Waals surface area contributed by atoms with Crippen LogP contribution in [0.15, 0.2) is 41.4 Å². The van der Waals surface area contributed by atoms with Crippen molar-refractivity contribution in [3.8, 4) is 6.07 Å². The molecule has 0 unspecified atom stereocenters. The second kappa shape index (κ2) is 5.95. The molecule has 2 aromatic rings. The van der Waals surface area contributed by atoms with Crippen LogP contribution in [0.25, 0.3) is 0 Å². The van der Waals surface area contributed by atoms with E-state index in [0.29, 0.717) is 14.3 Å². The second-order valence-corrected chi connectivity index (χ2v) is 7.00. The number of hydrogen-bond donors (Lipinski definition) is 1. The van der Waals surface area contributed by atoms with Gasteiger partial charge in [0, 0.05) is 14.8 Å². The monoisotopic (exact) mass is 419 g/mol. The molecule has 2 rings (SSSR count). The van der Waals surface area contributed by atoms with E-state index < -0.39 is 10.0 Å². The van der Waals surface area contributed by atoms with Crippen LogP contribution < -0.4 is 4.72 Å². The van der Waals surface area contributed by atoms with Crippen LogP contribution in [0.5, 0.6) is 0 Å². The average Bonchev–Trinajstić information content (AvgIpc) is 2.42. The van der Waals surface area contributed by atoms with Crippen molar-refractivity contribution >= 4 is 49.9 Å². The SMILES string of the molecule is N#Cc1ccc(S(=O)(=O)Nc2ccc(Cl)cc2I)cn1. The summed E-state index contributed by atoms with van der Waals surface area (Å²) in [5.41, 5.74) is 0.587. The summed E-state index contributed by atoms with van der Waals surface area (Å²) < 4.78 is 27.5. The van der Waals surface area contributed by atoms with E-state index in [2.05, 4.69) is 9.71 Å². The van der Waals surface area contributed by atoms with Crippen molar-refractivity contribution in [2.75, 3.05) is 4.72 Å². The van der Waals surface area contributed by atoms with Crippen molar-refractivity contribution in [2.24, 2.45) is 0 Å². The smallest absolute Gasteiger partial charge is 0.263 e. The van der Waals surface area contributed by atoms with Crippen molar-refractivity contribution in [3.63, 3.8) is 0 Å². The Morgan fingerprint density at radius 1 is 1.30 bits per heavy atom. The Bertz CT molecular complexity index is 785. The second-order valence-electron chi connectivity index (χ2n) is 3.72. The van der Waals surface area contributed by atoms with Gasteiger partial charge in [0.25, 0.3) is 10.0 Å². The molecular weight excluding hydrogens is 413 g/mol. The van der Waals surface area contributed by atoms with Crippen LogP contribution in [0.2, 0.25) is 5.02 Å². The minimum Gasteiger partial charge on any atom is -0.279 e. The molecule has 1 N–H and O–H groups in total. The molecule has 0 spiro atoms. The van der Waals surface area contributed by atoms with Crippen molar-refractivity contribution in [1.29, 1.82) is 5.26 Å². The normalized spacial score (nSPS) is 10.8. The van der Waals surface area contributed by atoms with Gasteiger partial charge in [0.15, 0.2) is 0 Å². The number of nitriles is 1. The number of halogens is 2. The topological polar surface area (TPSA) is 82.8 Å². The third-order valence-electron chi connectivity index (χ3n) is 2.34. The van der Waals surface area contributed by atoms with E-state index in [1.807, 2.05) is 28.7 Å². The molecule has 0 radical (unpaired) electrons. The lowest BCUT2D eigenvalue weighted by molar-refractivity contribution is 0.601. The van der Waals surface area contributed by atoms with Crippen LogP contribution in [0, 0.1) is 14.9 Å². The first-order valence-corrected chi connectivity index (χ1v) is 8.20. The third kappa shape index (κ3) is 3.39. The largest absolute Gasteiger partial charge is 0.279 e. The zero-order valence-electron chi connectivity index (χ0n) is 9.84. The van der Waals surface area contributed by atoms with Gasteiger partial charge in [-0.15, -0.1) is 0 Å². The molecule has 0 amide bonds. The van der Waals surface area contributed by atoms with Crippen LogP contribution in [0.1, 0.15) is 5.69 Å². The molecule has 0 fully saturated rings. The van der Waals surface area contributed by atoms with Crippen molar-refractivity contribution in [2.45, 2.75) is 4.90 Å². The van der Waals surface area contributed by atoms with E-state index in [0.717, 1.165) is 6.20 Å². The number of hydrogen-bond acceptors (Lipinski definition) is 4. The first-order valence-electron chi connectivity index (χ1n) is 5.26. The highest BCUT2D eigenvalue weighted by Crippen LogP contribution is 2.24. The molecule has 0 aliphatic carbocycles. The Kier molecular flexibility index (Phi) is 4.47. The number of aromatic nitrogens is 1. The number of sulfonamides is 1. The summed E-state index contributed by atoms with van der Waals surface area (Å²) in [6, 6.07) is 9.33. The molecule has 1 heterocycles. The number of benzene rings is 1. The fraction of sp³-hybridized carbons (Fsp3) is 0. The van der Waals surface area contributed by atoms with E-state index in [9.17, 15) is 8.42 Å². The molecular formula is C12H7ClIN3O2S. The van der Waals surface area contributed by atoms with Crippen LogP contribution in [0.3, 0.4) is 0 Å². The van der Waals surface area contributed by atoms with E-state index >= 15 is 0 Å². The van der Waals surface area contributed by atoms with Crippen LogP contribution >= 0.6 is 34.2 Å². The van der Waals surface area contributed by atoms with Gasteiger partial charge < -0.3 is 0 Å². The molecule has 0 saturated carbocycles. The highest BCUT2D eigenvalue weighted by molar-refractivity contribution is 14.1. The number of rotatable bonds is 3. The average molecular weight is 420 g/mol. The predicted octanol–water partition coefficient (Wildman–Crippen LogP) is 3.01. The molecule has 8 heteroatoms. The molecule has 0 saturated heterocycles. The molecule has 0 atom stereocenters. The summed E-state index contributed by atoms with van der Waals surface area (Å²) in [4.78, 5) is 3.73. The Balaban J connectivity index is 2.33. The molecule has 20 heavy (non-hydrogen) atoms. The predicted molar refractivity (Wildman–Crippen MR) is 83.9 cm³/mol. The van der Waals surface area contributed by atoms with Crippen LogP contribution in [-0.4, -0.2) is 13.4 Å². The summed E-state index contributed by atoms with van der Waals surface area (Å²) in [7, 11) is -3.74. The van der Waals surface area contributed by atoms with Gasteiger partial charge in [-0.3, -0.25) is 4.72 Å². The molecule has 1 aromatic carbocycles. The van der Waals surface area contributed by atoms with Gasteiger partial charge in [0.1, 0.15) is 16.7 Å². The summed E-state index contributed by atoms with van der Waals surface area (Å²) in [5, 5.41) is 9.16. The zero-order chi connectivity index (χ0) is 14.8. The lowest BCUT2D eigenvalue weighted by atomic mass is 10.3. The van der Waals surface area contributed by atoms with E-state index in [1.54, 1.807) is 18.2 Å². The summed E-state index contributed by atoms with van der Waals surface area (Å²) in [6.45, 7) is 0. The summed E-state index contributed by atoms with van der Waals surface area (Å²) >= 11 is 7.80. The van der Waals surface area contributed by atoms with Gasteiger partial charge in [0.2, 0.25) is 0 Å².